The van der Waals surface area contributed by atoms with E-state index in [1.165, 1.54) is 11.0 Å². The lowest BCUT2D eigenvalue weighted by Gasteiger charge is -2.24. The maximum Gasteiger partial charge on any atom is 0.350 e. The molecule has 1 amide bonds. The molecule has 1 aliphatic rings. The first kappa shape index (κ1) is 28.8. The number of rotatable bonds is 10. The number of ether oxygens (including phenoxy) is 3. The van der Waals surface area contributed by atoms with E-state index in [0.717, 1.165) is 11.3 Å². The van der Waals surface area contributed by atoms with Crippen molar-refractivity contribution in [2.45, 2.75) is 26.8 Å². The molecule has 40 heavy (non-hydrogen) atoms. The van der Waals surface area contributed by atoms with Crippen molar-refractivity contribution in [3.63, 3.8) is 0 Å². The zero-order valence-electron chi connectivity index (χ0n) is 22.1. The van der Waals surface area contributed by atoms with Crippen LogP contribution < -0.4 is 14.4 Å². The Morgan fingerprint density at radius 1 is 1.12 bits per heavy atom. The van der Waals surface area contributed by atoms with Gasteiger partial charge in [-0.2, -0.15) is 0 Å². The van der Waals surface area contributed by atoms with Crippen LogP contribution in [-0.2, 0) is 14.3 Å². The molecule has 1 aliphatic heterocycles. The van der Waals surface area contributed by atoms with Crippen LogP contribution in [0.15, 0.2) is 60.7 Å². The van der Waals surface area contributed by atoms with Crippen molar-refractivity contribution in [2.75, 3.05) is 24.7 Å². The number of hydrogen-bond acceptors (Lipinski definition) is 9. The molecule has 0 aliphatic carbocycles. The van der Waals surface area contributed by atoms with Crippen molar-refractivity contribution < 1.29 is 33.7 Å². The molecule has 0 bridgehead atoms. The van der Waals surface area contributed by atoms with Gasteiger partial charge >= 0.3 is 11.9 Å². The first-order chi connectivity index (χ1) is 19.2. The number of esters is 1. The molecule has 1 aromatic heterocycles. The lowest BCUT2D eigenvalue weighted by molar-refractivity contribution is -0.132. The number of anilines is 1. The van der Waals surface area contributed by atoms with Gasteiger partial charge in [0.05, 0.1) is 30.5 Å². The molecule has 208 valence electrons. The quantitative estimate of drug-likeness (QED) is 0.104. The maximum atomic E-state index is 13.5. The Bertz CT molecular complexity index is 1500. The predicted molar refractivity (Wildman–Crippen MR) is 152 cm³/mol. The molecule has 1 fully saturated rings. The van der Waals surface area contributed by atoms with Gasteiger partial charge in [0.25, 0.3) is 5.78 Å². The summed E-state index contributed by atoms with van der Waals surface area (Å²) in [7, 11) is 0. The molecule has 4 rings (SSSR count). The highest BCUT2D eigenvalue weighted by Gasteiger charge is 2.48. The standard InChI is InChI=1S/C29H27ClN2O7S/c1-5-14-39-28(36)26-16(4)31-29(40-26)32-23(18-10-13-20(37-6-2)21(15-18)38-7-3)22(25(34)27(32)35)24(33)17-8-11-19(30)12-9-17/h5,8-13,15,23,33H,1,6-7,14H2,2-4H3. The highest BCUT2D eigenvalue weighted by Crippen LogP contribution is 2.45. The lowest BCUT2D eigenvalue weighted by atomic mass is 9.95. The number of thiazole rings is 1. The number of aliphatic hydroxyl groups excluding tert-OH is 1. The van der Waals surface area contributed by atoms with Gasteiger partial charge in [0.15, 0.2) is 16.6 Å². The molecule has 3 aromatic rings. The molecule has 9 nitrogen and oxygen atoms in total. The number of hydrogen-bond donors (Lipinski definition) is 1. The molecule has 2 heterocycles. The van der Waals surface area contributed by atoms with Crippen LogP contribution in [0.1, 0.15) is 46.4 Å². The SMILES string of the molecule is C=CCOC(=O)c1sc(N2C(=O)C(=O)C(=C(O)c3ccc(Cl)cc3)C2c2ccc(OCC)c(OCC)c2)nc1C. The number of carbonyl (C=O) groups excluding carboxylic acids is 3. The zero-order valence-corrected chi connectivity index (χ0v) is 23.7. The third kappa shape index (κ3) is 5.59. The predicted octanol–water partition coefficient (Wildman–Crippen LogP) is 5.87. The van der Waals surface area contributed by atoms with Crippen LogP contribution in [0, 0.1) is 6.92 Å². The topological polar surface area (TPSA) is 115 Å². The number of Topliss-reactive ketones (excluding diaryl/α,β-unsaturated/α-hetero) is 1. The first-order valence-corrected chi connectivity index (χ1v) is 13.6. The molecular formula is C29H27ClN2O7S. The fourth-order valence-corrected chi connectivity index (χ4v) is 5.33. The largest absolute Gasteiger partial charge is 0.507 e. The fourth-order valence-electron chi connectivity index (χ4n) is 4.22. The number of halogens is 1. The first-order valence-electron chi connectivity index (χ1n) is 12.4. The molecule has 1 saturated heterocycles. The number of aromatic nitrogens is 1. The Labute approximate surface area is 240 Å². The van der Waals surface area contributed by atoms with E-state index in [0.29, 0.717) is 46.6 Å². The molecule has 0 spiro atoms. The van der Waals surface area contributed by atoms with Gasteiger partial charge in [-0.15, -0.1) is 0 Å². The molecule has 0 radical (unpaired) electrons. The number of nitrogens with zero attached hydrogens (tertiary/aromatic N) is 2. The molecule has 1 atom stereocenters. The van der Waals surface area contributed by atoms with Crippen molar-refractivity contribution in [3.05, 3.63) is 87.4 Å². The lowest BCUT2D eigenvalue weighted by Crippen LogP contribution is -2.29. The van der Waals surface area contributed by atoms with E-state index in [-0.39, 0.29) is 27.9 Å². The summed E-state index contributed by atoms with van der Waals surface area (Å²) in [5.74, 6) is -1.94. The Balaban J connectivity index is 1.92. The van der Waals surface area contributed by atoms with Crippen molar-refractivity contribution in [1.29, 1.82) is 0 Å². The molecular weight excluding hydrogens is 556 g/mol. The van der Waals surface area contributed by atoms with Gasteiger partial charge in [0, 0.05) is 10.6 Å². The van der Waals surface area contributed by atoms with Crippen molar-refractivity contribution in [1.82, 2.24) is 4.98 Å². The van der Waals surface area contributed by atoms with Crippen LogP contribution >= 0.6 is 22.9 Å². The van der Waals surface area contributed by atoms with Crippen LogP contribution in [0.5, 0.6) is 11.5 Å². The number of ketones is 1. The normalized spacial score (nSPS) is 16.2. The third-order valence-corrected chi connectivity index (χ3v) is 7.34. The number of amides is 1. The summed E-state index contributed by atoms with van der Waals surface area (Å²) >= 11 is 6.93. The van der Waals surface area contributed by atoms with Crippen LogP contribution in [0.2, 0.25) is 5.02 Å². The van der Waals surface area contributed by atoms with E-state index in [1.807, 2.05) is 13.8 Å². The van der Waals surface area contributed by atoms with E-state index in [9.17, 15) is 19.5 Å². The average Bonchev–Trinajstić information content (AvgIpc) is 3.45. The summed E-state index contributed by atoms with van der Waals surface area (Å²) in [5.41, 5.74) is 0.939. The second-order valence-corrected chi connectivity index (χ2v) is 9.96. The second-order valence-electron chi connectivity index (χ2n) is 8.55. The summed E-state index contributed by atoms with van der Waals surface area (Å²) in [4.78, 5) is 45.4. The van der Waals surface area contributed by atoms with Crippen molar-refractivity contribution in [3.8, 4) is 11.5 Å². The van der Waals surface area contributed by atoms with Crippen LogP contribution in [0.4, 0.5) is 5.13 Å². The van der Waals surface area contributed by atoms with Crippen molar-refractivity contribution in [2.24, 2.45) is 0 Å². The summed E-state index contributed by atoms with van der Waals surface area (Å²) in [5, 5.41) is 11.9. The van der Waals surface area contributed by atoms with E-state index in [4.69, 9.17) is 25.8 Å². The molecule has 0 saturated carbocycles. The number of aryl methyl sites for hydroxylation is 1. The Morgan fingerprint density at radius 3 is 2.45 bits per heavy atom. The Hall–Kier alpha value is -4.15. The third-order valence-electron chi connectivity index (χ3n) is 5.95. The minimum Gasteiger partial charge on any atom is -0.507 e. The highest BCUT2D eigenvalue weighted by atomic mass is 35.5. The molecule has 2 aromatic carbocycles. The number of carbonyl (C=O) groups is 3. The van der Waals surface area contributed by atoms with Gasteiger partial charge in [-0.3, -0.25) is 14.5 Å². The molecule has 1 N–H and O–H groups in total. The molecule has 11 heteroatoms. The second kappa shape index (κ2) is 12.4. The average molecular weight is 583 g/mol. The zero-order chi connectivity index (χ0) is 29.0. The van der Waals surface area contributed by atoms with Crippen molar-refractivity contribution >= 4 is 51.5 Å². The van der Waals surface area contributed by atoms with Gasteiger partial charge in [0.2, 0.25) is 0 Å². The van der Waals surface area contributed by atoms with E-state index < -0.39 is 23.7 Å². The monoisotopic (exact) mass is 582 g/mol. The summed E-state index contributed by atoms with van der Waals surface area (Å²) < 4.78 is 16.6. The minimum absolute atomic E-state index is 0.00347. The number of benzene rings is 2. The summed E-state index contributed by atoms with van der Waals surface area (Å²) in [6.45, 7) is 9.55. The van der Waals surface area contributed by atoms with Gasteiger partial charge in [0.1, 0.15) is 17.2 Å². The minimum atomic E-state index is -1.09. The number of aliphatic hydroxyl groups is 1. The van der Waals surface area contributed by atoms with Crippen LogP contribution in [0.25, 0.3) is 5.76 Å². The van der Waals surface area contributed by atoms with Gasteiger partial charge in [-0.25, -0.2) is 9.78 Å². The highest BCUT2D eigenvalue weighted by molar-refractivity contribution is 7.17. The summed E-state index contributed by atoms with van der Waals surface area (Å²) in [6, 6.07) is 10.2. The summed E-state index contributed by atoms with van der Waals surface area (Å²) in [6.07, 6.45) is 1.44. The van der Waals surface area contributed by atoms with E-state index in [2.05, 4.69) is 11.6 Å². The van der Waals surface area contributed by atoms with Gasteiger partial charge in [-0.1, -0.05) is 41.7 Å². The Kier molecular flexibility index (Phi) is 8.91. The van der Waals surface area contributed by atoms with Crippen LogP contribution in [-0.4, -0.2) is 47.6 Å². The van der Waals surface area contributed by atoms with E-state index in [1.54, 1.807) is 49.4 Å². The van der Waals surface area contributed by atoms with E-state index >= 15 is 0 Å². The molecule has 1 unspecified atom stereocenters. The van der Waals surface area contributed by atoms with Crippen LogP contribution in [0.3, 0.4) is 0 Å². The fraction of sp³-hybridized carbons (Fsp3) is 0.241. The maximum absolute atomic E-state index is 13.5. The Morgan fingerprint density at radius 2 is 1.80 bits per heavy atom. The van der Waals surface area contributed by atoms with Gasteiger partial charge in [-0.05, 0) is 62.7 Å². The smallest absolute Gasteiger partial charge is 0.350 e. The van der Waals surface area contributed by atoms with Gasteiger partial charge < -0.3 is 19.3 Å².